The van der Waals surface area contributed by atoms with Crippen LogP contribution in [0.4, 0.5) is 0 Å². The fourth-order valence-electron chi connectivity index (χ4n) is 1.60. The first-order valence-electron chi connectivity index (χ1n) is 3.43. The molecule has 9 heavy (non-hydrogen) atoms. The largest absolute Gasteiger partial charge is 0.102 e. The minimum atomic E-state index is 0.387. The first-order chi connectivity index (χ1) is 4.38. The Morgan fingerprint density at radius 1 is 1.33 bits per heavy atom. The molecular weight excluding hydrogens is 127 g/mol. The van der Waals surface area contributed by atoms with Crippen molar-refractivity contribution in [1.82, 2.24) is 0 Å². The summed E-state index contributed by atoms with van der Waals surface area (Å²) in [6.45, 7) is 2.40. The second-order valence-corrected chi connectivity index (χ2v) is 5.34. The first-order valence-corrected chi connectivity index (χ1v) is 5.47. The van der Waals surface area contributed by atoms with Crippen LogP contribution in [0.1, 0.15) is 0 Å². The second kappa shape index (κ2) is 1.95. The van der Waals surface area contributed by atoms with Gasteiger partial charge in [0, 0.05) is 5.66 Å². The van der Waals surface area contributed by atoms with Gasteiger partial charge >= 0.3 is 0 Å². The van der Waals surface area contributed by atoms with Crippen molar-refractivity contribution in [3.63, 3.8) is 0 Å². The molecule has 0 N–H and O–H groups in total. The molecule has 0 aromatic rings. The molecule has 2 aliphatic rings. The minimum absolute atomic E-state index is 0.387. The summed E-state index contributed by atoms with van der Waals surface area (Å²) < 4.78 is 0. The van der Waals surface area contributed by atoms with E-state index < -0.39 is 0 Å². The number of rotatable bonds is 0. The standard InChI is InChI=1S/C8H11P/c1-9-6-7-4-2-3-5-8(7)9/h2-5,7-8H,6H2,1H3. The van der Waals surface area contributed by atoms with Gasteiger partial charge in [0.25, 0.3) is 0 Å². The lowest BCUT2D eigenvalue weighted by atomic mass is 10.0. The lowest BCUT2D eigenvalue weighted by Gasteiger charge is -2.41. The lowest BCUT2D eigenvalue weighted by molar-refractivity contribution is 0.693. The Balaban J connectivity index is 2.14. The summed E-state index contributed by atoms with van der Waals surface area (Å²) in [5, 5.41) is 0. The van der Waals surface area contributed by atoms with Crippen molar-refractivity contribution in [2.24, 2.45) is 5.92 Å². The second-order valence-electron chi connectivity index (χ2n) is 2.86. The van der Waals surface area contributed by atoms with Gasteiger partial charge in [0.05, 0.1) is 0 Å². The van der Waals surface area contributed by atoms with E-state index in [0.717, 1.165) is 11.6 Å². The average Bonchev–Trinajstić information content (AvgIpc) is 1.86. The van der Waals surface area contributed by atoms with Crippen LogP contribution < -0.4 is 0 Å². The molecule has 0 bridgehead atoms. The van der Waals surface area contributed by atoms with E-state index in [-0.39, 0.29) is 0 Å². The summed E-state index contributed by atoms with van der Waals surface area (Å²) in [4.78, 5) is 0. The molecule has 1 aliphatic heterocycles. The Kier molecular flexibility index (Phi) is 1.23. The highest BCUT2D eigenvalue weighted by Crippen LogP contribution is 2.55. The highest BCUT2D eigenvalue weighted by atomic mass is 31.1. The van der Waals surface area contributed by atoms with Crippen LogP contribution in [0.2, 0.25) is 0 Å². The maximum atomic E-state index is 2.40. The maximum absolute atomic E-state index is 2.40. The molecule has 0 aromatic carbocycles. The van der Waals surface area contributed by atoms with Gasteiger partial charge in [-0.2, -0.15) is 0 Å². The highest BCUT2D eigenvalue weighted by molar-refractivity contribution is 7.59. The van der Waals surface area contributed by atoms with Gasteiger partial charge < -0.3 is 0 Å². The Morgan fingerprint density at radius 2 is 2.11 bits per heavy atom. The molecule has 0 aromatic heterocycles. The van der Waals surface area contributed by atoms with Crippen LogP contribution in [-0.4, -0.2) is 18.5 Å². The van der Waals surface area contributed by atoms with Crippen molar-refractivity contribution >= 4 is 7.92 Å². The maximum Gasteiger partial charge on any atom is 0.00376 e. The third kappa shape index (κ3) is 0.773. The van der Waals surface area contributed by atoms with E-state index in [1.165, 1.54) is 6.16 Å². The molecule has 0 radical (unpaired) electrons. The zero-order chi connectivity index (χ0) is 6.27. The van der Waals surface area contributed by atoms with E-state index in [4.69, 9.17) is 0 Å². The molecule has 0 spiro atoms. The van der Waals surface area contributed by atoms with Crippen molar-refractivity contribution in [3.05, 3.63) is 24.3 Å². The molecule has 48 valence electrons. The number of allylic oxidation sites excluding steroid dienone is 4. The van der Waals surface area contributed by atoms with E-state index in [1.54, 1.807) is 0 Å². The lowest BCUT2D eigenvalue weighted by Crippen LogP contribution is -2.30. The SMILES string of the molecule is CP1CC2C=CC=CC21. The number of hydrogen-bond donors (Lipinski definition) is 0. The zero-order valence-electron chi connectivity index (χ0n) is 5.62. The third-order valence-electron chi connectivity index (χ3n) is 2.22. The van der Waals surface area contributed by atoms with Crippen LogP contribution in [-0.2, 0) is 0 Å². The van der Waals surface area contributed by atoms with Gasteiger partial charge in [-0.3, -0.25) is 0 Å². The Hall–Kier alpha value is -0.0900. The quantitative estimate of drug-likeness (QED) is 0.450. The molecule has 0 amide bonds. The molecule has 1 heteroatoms. The van der Waals surface area contributed by atoms with Crippen molar-refractivity contribution in [2.75, 3.05) is 12.8 Å². The third-order valence-corrected chi connectivity index (χ3v) is 4.79. The average molecular weight is 138 g/mol. The van der Waals surface area contributed by atoms with Crippen LogP contribution in [0.5, 0.6) is 0 Å². The van der Waals surface area contributed by atoms with Crippen molar-refractivity contribution < 1.29 is 0 Å². The van der Waals surface area contributed by atoms with Gasteiger partial charge in [-0.15, -0.1) is 7.92 Å². The molecule has 1 aliphatic carbocycles. The molecule has 3 unspecified atom stereocenters. The van der Waals surface area contributed by atoms with Crippen molar-refractivity contribution in [2.45, 2.75) is 5.66 Å². The van der Waals surface area contributed by atoms with Crippen LogP contribution >= 0.6 is 7.92 Å². The summed E-state index contributed by atoms with van der Waals surface area (Å²) in [6.07, 6.45) is 10.6. The van der Waals surface area contributed by atoms with E-state index in [0.29, 0.717) is 7.92 Å². The molecule has 1 fully saturated rings. The molecule has 1 saturated heterocycles. The Bertz CT molecular complexity index is 169. The number of fused-ring (bicyclic) bond motifs is 1. The normalized spacial score (nSPS) is 46.1. The van der Waals surface area contributed by atoms with E-state index in [2.05, 4.69) is 31.0 Å². The van der Waals surface area contributed by atoms with Gasteiger partial charge in [0.1, 0.15) is 0 Å². The van der Waals surface area contributed by atoms with Gasteiger partial charge in [-0.1, -0.05) is 24.3 Å². The van der Waals surface area contributed by atoms with E-state index in [9.17, 15) is 0 Å². The van der Waals surface area contributed by atoms with Crippen LogP contribution in [0, 0.1) is 5.92 Å². The highest BCUT2D eigenvalue weighted by Gasteiger charge is 2.34. The van der Waals surface area contributed by atoms with Crippen LogP contribution in [0.3, 0.4) is 0 Å². The minimum Gasteiger partial charge on any atom is -0.102 e. The zero-order valence-corrected chi connectivity index (χ0v) is 6.51. The summed E-state index contributed by atoms with van der Waals surface area (Å²) in [5.74, 6) is 0.922. The molecular formula is C8H11P. The monoisotopic (exact) mass is 138 g/mol. The van der Waals surface area contributed by atoms with E-state index >= 15 is 0 Å². The van der Waals surface area contributed by atoms with Crippen molar-refractivity contribution in [3.8, 4) is 0 Å². The summed E-state index contributed by atoms with van der Waals surface area (Å²) in [6, 6.07) is 0. The molecule has 0 nitrogen and oxygen atoms in total. The molecule has 3 atom stereocenters. The summed E-state index contributed by atoms with van der Waals surface area (Å²) in [5.41, 5.74) is 0.949. The first kappa shape index (κ1) is 5.68. The van der Waals surface area contributed by atoms with Crippen LogP contribution in [0.25, 0.3) is 0 Å². The fourth-order valence-corrected chi connectivity index (χ4v) is 3.72. The fraction of sp³-hybridized carbons (Fsp3) is 0.500. The molecule has 1 heterocycles. The predicted octanol–water partition coefficient (Wildman–Crippen LogP) is 2.22. The van der Waals surface area contributed by atoms with Crippen LogP contribution in [0.15, 0.2) is 24.3 Å². The summed E-state index contributed by atoms with van der Waals surface area (Å²) in [7, 11) is 0.387. The number of hydrogen-bond acceptors (Lipinski definition) is 0. The van der Waals surface area contributed by atoms with Gasteiger partial charge in [-0.05, 0) is 18.7 Å². The Labute approximate surface area is 57.4 Å². The molecule has 0 saturated carbocycles. The Morgan fingerprint density at radius 3 is 2.67 bits per heavy atom. The molecule has 2 rings (SSSR count). The van der Waals surface area contributed by atoms with Gasteiger partial charge in [-0.25, -0.2) is 0 Å². The topological polar surface area (TPSA) is 0 Å². The predicted molar refractivity (Wildman–Crippen MR) is 43.3 cm³/mol. The van der Waals surface area contributed by atoms with Gasteiger partial charge in [0.15, 0.2) is 0 Å². The summed E-state index contributed by atoms with van der Waals surface area (Å²) >= 11 is 0. The van der Waals surface area contributed by atoms with Gasteiger partial charge in [0.2, 0.25) is 0 Å². The smallest absolute Gasteiger partial charge is 0.00376 e. The van der Waals surface area contributed by atoms with Crippen molar-refractivity contribution in [1.29, 1.82) is 0 Å². The van der Waals surface area contributed by atoms with E-state index in [1.807, 2.05) is 0 Å².